The Bertz CT molecular complexity index is 337. The number of nitrogens with zero attached hydrogens (tertiary/aromatic N) is 3. The smallest absolute Gasteiger partial charge is 0.191 e. The van der Waals surface area contributed by atoms with Gasteiger partial charge in [0.2, 0.25) is 0 Å². The molecule has 0 amide bonds. The van der Waals surface area contributed by atoms with Crippen molar-refractivity contribution in [2.45, 2.75) is 71.8 Å². The minimum Gasteiger partial charge on any atom is -0.357 e. The van der Waals surface area contributed by atoms with E-state index < -0.39 is 0 Å². The fraction of sp³-hybridized carbons (Fsp3) is 0.950. The summed E-state index contributed by atoms with van der Waals surface area (Å²) < 4.78 is 0. The molecular formula is C20H43N5. The maximum Gasteiger partial charge on any atom is 0.191 e. The van der Waals surface area contributed by atoms with Crippen molar-refractivity contribution in [1.82, 2.24) is 20.4 Å². The fourth-order valence-corrected chi connectivity index (χ4v) is 3.23. The standard InChI is InChI=1S/C20H43N5/c1-5-7-8-9-10-11-12-13-22-20(21-6-2)23-18-19(3)25-16-14-24(4)15-17-25/h19H,5-18H2,1-4H3,(H2,21,22,23). The Morgan fingerprint density at radius 3 is 2.20 bits per heavy atom. The molecule has 0 aromatic heterocycles. The number of piperazine rings is 1. The van der Waals surface area contributed by atoms with Gasteiger partial charge in [0.1, 0.15) is 0 Å². The molecular weight excluding hydrogens is 310 g/mol. The van der Waals surface area contributed by atoms with Gasteiger partial charge in [0.05, 0.1) is 6.54 Å². The van der Waals surface area contributed by atoms with Crippen LogP contribution in [0.25, 0.3) is 0 Å². The van der Waals surface area contributed by atoms with Crippen LogP contribution in [-0.4, -0.2) is 74.7 Å². The molecule has 5 nitrogen and oxygen atoms in total. The van der Waals surface area contributed by atoms with E-state index >= 15 is 0 Å². The van der Waals surface area contributed by atoms with Gasteiger partial charge >= 0.3 is 0 Å². The van der Waals surface area contributed by atoms with Crippen molar-refractivity contribution >= 4 is 5.96 Å². The largest absolute Gasteiger partial charge is 0.357 e. The van der Waals surface area contributed by atoms with Crippen molar-refractivity contribution < 1.29 is 0 Å². The lowest BCUT2D eigenvalue weighted by Crippen LogP contribution is -2.49. The van der Waals surface area contributed by atoms with E-state index in [9.17, 15) is 0 Å². The SMILES string of the molecule is CCCCCCCCCNC(=NCC(C)N1CCN(C)CC1)NCC. The van der Waals surface area contributed by atoms with Gasteiger partial charge in [-0.3, -0.25) is 9.89 Å². The van der Waals surface area contributed by atoms with E-state index in [0.29, 0.717) is 6.04 Å². The summed E-state index contributed by atoms with van der Waals surface area (Å²) in [5.41, 5.74) is 0. The third-order valence-electron chi connectivity index (χ3n) is 5.09. The van der Waals surface area contributed by atoms with Gasteiger partial charge in [-0.25, -0.2) is 0 Å². The van der Waals surface area contributed by atoms with Crippen LogP contribution in [0.15, 0.2) is 4.99 Å². The molecule has 0 bridgehead atoms. The van der Waals surface area contributed by atoms with Gasteiger partial charge in [0.25, 0.3) is 0 Å². The second-order valence-electron chi connectivity index (χ2n) is 7.46. The highest BCUT2D eigenvalue weighted by atomic mass is 15.3. The maximum absolute atomic E-state index is 4.81. The van der Waals surface area contributed by atoms with Crippen LogP contribution >= 0.6 is 0 Å². The number of aliphatic imine (C=N–C) groups is 1. The lowest BCUT2D eigenvalue weighted by atomic mass is 10.1. The van der Waals surface area contributed by atoms with Crippen LogP contribution in [0.2, 0.25) is 0 Å². The van der Waals surface area contributed by atoms with Crippen LogP contribution in [0, 0.1) is 0 Å². The average molecular weight is 354 g/mol. The highest BCUT2D eigenvalue weighted by molar-refractivity contribution is 5.79. The summed E-state index contributed by atoms with van der Waals surface area (Å²) in [6.07, 6.45) is 9.45. The maximum atomic E-state index is 4.81. The Hall–Kier alpha value is -0.810. The molecule has 1 aliphatic heterocycles. The predicted molar refractivity (Wildman–Crippen MR) is 111 cm³/mol. The zero-order valence-corrected chi connectivity index (χ0v) is 17.3. The molecule has 0 aromatic carbocycles. The van der Waals surface area contributed by atoms with Gasteiger partial charge in [-0.2, -0.15) is 0 Å². The lowest BCUT2D eigenvalue weighted by molar-refractivity contribution is 0.122. The van der Waals surface area contributed by atoms with Gasteiger partial charge in [-0.05, 0) is 27.3 Å². The molecule has 1 heterocycles. The van der Waals surface area contributed by atoms with Crippen molar-refractivity contribution in [2.75, 3.05) is 52.9 Å². The Morgan fingerprint density at radius 2 is 1.56 bits per heavy atom. The third kappa shape index (κ3) is 10.7. The van der Waals surface area contributed by atoms with Crippen LogP contribution < -0.4 is 10.6 Å². The van der Waals surface area contributed by atoms with Gasteiger partial charge in [-0.15, -0.1) is 0 Å². The number of hydrogen-bond acceptors (Lipinski definition) is 3. The van der Waals surface area contributed by atoms with Gasteiger partial charge < -0.3 is 15.5 Å². The van der Waals surface area contributed by atoms with Crippen LogP contribution in [0.1, 0.15) is 65.7 Å². The molecule has 0 saturated carbocycles. The van der Waals surface area contributed by atoms with E-state index in [1.54, 1.807) is 0 Å². The number of hydrogen-bond donors (Lipinski definition) is 2. The molecule has 1 atom stereocenters. The molecule has 1 rings (SSSR count). The minimum absolute atomic E-state index is 0.516. The summed E-state index contributed by atoms with van der Waals surface area (Å²) in [5.74, 6) is 0.981. The molecule has 0 aromatic rings. The van der Waals surface area contributed by atoms with E-state index in [1.807, 2.05) is 0 Å². The van der Waals surface area contributed by atoms with Crippen LogP contribution in [0.5, 0.6) is 0 Å². The Morgan fingerprint density at radius 1 is 0.920 bits per heavy atom. The average Bonchev–Trinajstić information content (AvgIpc) is 2.62. The van der Waals surface area contributed by atoms with Crippen molar-refractivity contribution in [2.24, 2.45) is 4.99 Å². The minimum atomic E-state index is 0.516. The van der Waals surface area contributed by atoms with E-state index in [0.717, 1.165) is 38.7 Å². The first-order valence-corrected chi connectivity index (χ1v) is 10.6. The van der Waals surface area contributed by atoms with E-state index in [2.05, 4.69) is 48.3 Å². The summed E-state index contributed by atoms with van der Waals surface area (Å²) in [5, 5.41) is 6.88. The number of guanidine groups is 1. The molecule has 2 N–H and O–H groups in total. The Balaban J connectivity index is 2.19. The highest BCUT2D eigenvalue weighted by Crippen LogP contribution is 2.07. The van der Waals surface area contributed by atoms with Crippen LogP contribution in [-0.2, 0) is 0 Å². The predicted octanol–water partition coefficient (Wildman–Crippen LogP) is 2.93. The third-order valence-corrected chi connectivity index (χ3v) is 5.09. The number of nitrogens with one attached hydrogen (secondary N) is 2. The zero-order valence-electron chi connectivity index (χ0n) is 17.3. The molecule has 0 radical (unpaired) electrons. The van der Waals surface area contributed by atoms with Crippen molar-refractivity contribution in [3.05, 3.63) is 0 Å². The van der Waals surface area contributed by atoms with Crippen molar-refractivity contribution in [1.29, 1.82) is 0 Å². The van der Waals surface area contributed by atoms with Crippen molar-refractivity contribution in [3.8, 4) is 0 Å². The van der Waals surface area contributed by atoms with E-state index in [4.69, 9.17) is 4.99 Å². The summed E-state index contributed by atoms with van der Waals surface area (Å²) in [6.45, 7) is 14.2. The number of rotatable bonds is 12. The zero-order chi connectivity index (χ0) is 18.3. The number of likely N-dealkylation sites (N-methyl/N-ethyl adjacent to an activating group) is 1. The lowest BCUT2D eigenvalue weighted by Gasteiger charge is -2.35. The van der Waals surface area contributed by atoms with Crippen LogP contribution in [0.4, 0.5) is 0 Å². The molecule has 1 saturated heterocycles. The second kappa shape index (κ2) is 14.4. The molecule has 1 unspecified atom stereocenters. The summed E-state index contributed by atoms with van der Waals surface area (Å²) in [4.78, 5) is 9.77. The first-order chi connectivity index (χ1) is 12.2. The summed E-state index contributed by atoms with van der Waals surface area (Å²) >= 11 is 0. The molecule has 1 aliphatic rings. The first kappa shape index (κ1) is 22.2. The Labute approximate surface area is 156 Å². The second-order valence-corrected chi connectivity index (χ2v) is 7.46. The number of unbranched alkanes of at least 4 members (excludes halogenated alkanes) is 6. The summed E-state index contributed by atoms with van der Waals surface area (Å²) in [7, 11) is 2.21. The molecule has 148 valence electrons. The van der Waals surface area contributed by atoms with E-state index in [-0.39, 0.29) is 0 Å². The Kier molecular flexibility index (Phi) is 12.8. The van der Waals surface area contributed by atoms with Gasteiger partial charge in [-0.1, -0.05) is 45.4 Å². The normalized spacial score (nSPS) is 18.3. The quantitative estimate of drug-likeness (QED) is 0.322. The fourth-order valence-electron chi connectivity index (χ4n) is 3.23. The van der Waals surface area contributed by atoms with Crippen molar-refractivity contribution in [3.63, 3.8) is 0 Å². The molecule has 1 fully saturated rings. The first-order valence-electron chi connectivity index (χ1n) is 10.6. The highest BCUT2D eigenvalue weighted by Gasteiger charge is 2.18. The van der Waals surface area contributed by atoms with E-state index in [1.165, 1.54) is 58.0 Å². The monoisotopic (exact) mass is 353 g/mol. The van der Waals surface area contributed by atoms with Gasteiger partial charge in [0.15, 0.2) is 5.96 Å². The summed E-state index contributed by atoms with van der Waals surface area (Å²) in [6, 6.07) is 0.516. The topological polar surface area (TPSA) is 42.9 Å². The molecule has 0 aliphatic carbocycles. The van der Waals surface area contributed by atoms with Crippen LogP contribution in [0.3, 0.4) is 0 Å². The molecule has 0 spiro atoms. The molecule has 5 heteroatoms. The molecule has 25 heavy (non-hydrogen) atoms. The van der Waals surface area contributed by atoms with Gasteiger partial charge in [0, 0.05) is 45.3 Å².